The van der Waals surface area contributed by atoms with Crippen molar-refractivity contribution in [1.82, 2.24) is 15.1 Å². The van der Waals surface area contributed by atoms with E-state index in [0.717, 1.165) is 26.1 Å². The van der Waals surface area contributed by atoms with Gasteiger partial charge in [0.15, 0.2) is 0 Å². The first-order valence-corrected chi connectivity index (χ1v) is 10.3. The third-order valence-electron chi connectivity index (χ3n) is 4.02. The van der Waals surface area contributed by atoms with Crippen LogP contribution in [0.4, 0.5) is 0 Å². The van der Waals surface area contributed by atoms with Crippen LogP contribution in [-0.4, -0.2) is 84.8 Å². The van der Waals surface area contributed by atoms with Crippen molar-refractivity contribution >= 4 is 23.5 Å². The smallest absolute Gasteiger partial charge is 0.0690 e. The van der Waals surface area contributed by atoms with Crippen LogP contribution in [0, 0.1) is 0 Å². The van der Waals surface area contributed by atoms with E-state index in [1.807, 2.05) is 0 Å². The molecule has 0 aliphatic carbocycles. The molecule has 2 heterocycles. The number of hydrogen-bond donors (Lipinski definition) is 2. The lowest BCUT2D eigenvalue weighted by Gasteiger charge is -2.36. The number of nitrogens with two attached hydrogens (primary N) is 1. The van der Waals surface area contributed by atoms with E-state index < -0.39 is 0 Å². The maximum Gasteiger partial charge on any atom is 0.0690 e. The second kappa shape index (κ2) is 10.3. The minimum Gasteiger partial charge on any atom is -0.330 e. The van der Waals surface area contributed by atoms with Crippen LogP contribution >= 0.6 is 23.5 Å². The number of hydrogen-bond acceptors (Lipinski definition) is 6. The fourth-order valence-corrected chi connectivity index (χ4v) is 4.85. The predicted octanol–water partition coefficient (Wildman–Crippen LogP) is 0.739. The van der Waals surface area contributed by atoms with Crippen molar-refractivity contribution in [1.29, 1.82) is 0 Å². The maximum atomic E-state index is 5.64. The normalized spacial score (nSPS) is 25.9. The van der Waals surface area contributed by atoms with Crippen LogP contribution in [0.5, 0.6) is 0 Å². The number of thioether (sulfide) groups is 2. The summed E-state index contributed by atoms with van der Waals surface area (Å²) in [6.07, 6.45) is 2.96. The summed E-state index contributed by atoms with van der Waals surface area (Å²) < 4.78 is 0. The number of nitrogens with one attached hydrogen (secondary N) is 1. The zero-order chi connectivity index (χ0) is 14.0. The molecule has 2 aliphatic heterocycles. The summed E-state index contributed by atoms with van der Waals surface area (Å²) in [5, 5.41) is 3.75. The molecule has 2 rings (SSSR count). The summed E-state index contributed by atoms with van der Waals surface area (Å²) in [4.78, 5) is 5.20. The van der Waals surface area contributed by atoms with Gasteiger partial charge < -0.3 is 16.0 Å². The van der Waals surface area contributed by atoms with Gasteiger partial charge in [-0.25, -0.2) is 0 Å². The van der Waals surface area contributed by atoms with Gasteiger partial charge in [0, 0.05) is 49.2 Å². The fraction of sp³-hybridized carbons (Fsp3) is 1.00. The van der Waals surface area contributed by atoms with Crippen molar-refractivity contribution in [3.63, 3.8) is 0 Å². The lowest BCUT2D eigenvalue weighted by Crippen LogP contribution is -2.52. The molecular weight excluding hydrogens is 288 g/mol. The molecule has 2 saturated heterocycles. The van der Waals surface area contributed by atoms with Gasteiger partial charge in [-0.15, -0.1) is 0 Å². The van der Waals surface area contributed by atoms with Crippen molar-refractivity contribution in [3.05, 3.63) is 0 Å². The Balaban J connectivity index is 1.58. The van der Waals surface area contributed by atoms with Crippen LogP contribution in [-0.2, 0) is 0 Å². The molecule has 4 nitrogen and oxygen atoms in total. The molecule has 0 spiro atoms. The van der Waals surface area contributed by atoms with Crippen molar-refractivity contribution in [3.8, 4) is 0 Å². The summed E-state index contributed by atoms with van der Waals surface area (Å²) in [7, 11) is 0. The molecule has 0 saturated carbocycles. The zero-order valence-corrected chi connectivity index (χ0v) is 14.2. The van der Waals surface area contributed by atoms with Crippen LogP contribution in [0.25, 0.3) is 0 Å². The molecule has 6 heteroatoms. The highest BCUT2D eigenvalue weighted by Crippen LogP contribution is 2.15. The Morgan fingerprint density at radius 1 is 1.00 bits per heavy atom. The van der Waals surface area contributed by atoms with E-state index in [9.17, 15) is 0 Å². The molecule has 1 atom stereocenters. The Kier molecular flexibility index (Phi) is 8.70. The van der Waals surface area contributed by atoms with Gasteiger partial charge in [-0.1, -0.05) is 0 Å². The molecule has 2 fully saturated rings. The molecule has 0 radical (unpaired) electrons. The first-order valence-electron chi connectivity index (χ1n) is 7.95. The first kappa shape index (κ1) is 16.9. The average Bonchev–Trinajstić information content (AvgIpc) is 2.51. The van der Waals surface area contributed by atoms with Crippen molar-refractivity contribution < 1.29 is 0 Å². The highest BCUT2D eigenvalue weighted by Gasteiger charge is 2.21. The lowest BCUT2D eigenvalue weighted by molar-refractivity contribution is 0.182. The Morgan fingerprint density at radius 2 is 1.80 bits per heavy atom. The fourth-order valence-electron chi connectivity index (χ4n) is 2.78. The monoisotopic (exact) mass is 318 g/mol. The molecule has 0 amide bonds. The van der Waals surface area contributed by atoms with E-state index >= 15 is 0 Å². The van der Waals surface area contributed by atoms with E-state index in [1.54, 1.807) is 0 Å². The first-order chi connectivity index (χ1) is 9.90. The van der Waals surface area contributed by atoms with E-state index in [-0.39, 0.29) is 0 Å². The Hall–Kier alpha value is 0.540. The molecule has 118 valence electrons. The molecular formula is C14H30N4S2. The molecule has 20 heavy (non-hydrogen) atoms. The summed E-state index contributed by atoms with van der Waals surface area (Å²) in [6.45, 7) is 8.15. The standard InChI is InChI=1S/C14H30N4S2/c15-3-1-6-18-9-12-20-13-14(18)16-4-2-5-17-7-10-19-11-8-17/h14,16H,1-13,15H2. The van der Waals surface area contributed by atoms with Gasteiger partial charge in [-0.05, 0) is 32.5 Å². The summed E-state index contributed by atoms with van der Waals surface area (Å²) in [6, 6.07) is 0. The minimum atomic E-state index is 0.567. The van der Waals surface area contributed by atoms with Crippen LogP contribution in [0.2, 0.25) is 0 Å². The molecule has 0 aromatic rings. The van der Waals surface area contributed by atoms with Gasteiger partial charge in [0.05, 0.1) is 6.17 Å². The second-order valence-electron chi connectivity index (χ2n) is 5.53. The molecule has 0 bridgehead atoms. The van der Waals surface area contributed by atoms with Gasteiger partial charge in [0.25, 0.3) is 0 Å². The van der Waals surface area contributed by atoms with E-state index in [0.29, 0.717) is 6.17 Å². The second-order valence-corrected chi connectivity index (χ2v) is 7.91. The van der Waals surface area contributed by atoms with Crippen LogP contribution in [0.15, 0.2) is 0 Å². The molecule has 1 unspecified atom stereocenters. The molecule has 2 aliphatic rings. The zero-order valence-electron chi connectivity index (χ0n) is 12.6. The predicted molar refractivity (Wildman–Crippen MR) is 92.7 cm³/mol. The molecule has 3 N–H and O–H groups in total. The Labute approximate surface area is 132 Å². The number of rotatable bonds is 8. The van der Waals surface area contributed by atoms with E-state index in [2.05, 4.69) is 38.6 Å². The van der Waals surface area contributed by atoms with Crippen LogP contribution < -0.4 is 11.1 Å². The van der Waals surface area contributed by atoms with Crippen molar-refractivity contribution in [2.75, 3.05) is 68.8 Å². The van der Waals surface area contributed by atoms with Crippen molar-refractivity contribution in [2.24, 2.45) is 5.73 Å². The minimum absolute atomic E-state index is 0.567. The van der Waals surface area contributed by atoms with Crippen molar-refractivity contribution in [2.45, 2.75) is 19.0 Å². The maximum absolute atomic E-state index is 5.64. The lowest BCUT2D eigenvalue weighted by atomic mass is 10.3. The average molecular weight is 319 g/mol. The van der Waals surface area contributed by atoms with Gasteiger partial charge in [-0.2, -0.15) is 23.5 Å². The van der Waals surface area contributed by atoms with Crippen LogP contribution in [0.1, 0.15) is 12.8 Å². The quantitative estimate of drug-likeness (QED) is 0.644. The van der Waals surface area contributed by atoms with Crippen LogP contribution in [0.3, 0.4) is 0 Å². The van der Waals surface area contributed by atoms with Gasteiger partial charge >= 0.3 is 0 Å². The highest BCUT2D eigenvalue weighted by atomic mass is 32.2. The largest absolute Gasteiger partial charge is 0.330 e. The van der Waals surface area contributed by atoms with Gasteiger partial charge in [-0.3, -0.25) is 4.90 Å². The third-order valence-corrected chi connectivity index (χ3v) is 5.99. The summed E-state index contributed by atoms with van der Waals surface area (Å²) >= 11 is 4.17. The van der Waals surface area contributed by atoms with Gasteiger partial charge in [0.1, 0.15) is 0 Å². The van der Waals surface area contributed by atoms with E-state index in [1.165, 1.54) is 55.6 Å². The topological polar surface area (TPSA) is 44.5 Å². The molecule has 0 aromatic heterocycles. The number of nitrogens with zero attached hydrogens (tertiary/aromatic N) is 2. The van der Waals surface area contributed by atoms with Gasteiger partial charge in [0.2, 0.25) is 0 Å². The Morgan fingerprint density at radius 3 is 2.60 bits per heavy atom. The highest BCUT2D eigenvalue weighted by molar-refractivity contribution is 7.99. The third kappa shape index (κ3) is 6.12. The Bertz CT molecular complexity index is 249. The summed E-state index contributed by atoms with van der Waals surface area (Å²) in [5.74, 6) is 5.14. The van der Waals surface area contributed by atoms with E-state index in [4.69, 9.17) is 5.73 Å². The molecule has 0 aromatic carbocycles. The SMILES string of the molecule is NCCCN1CCSCC1NCCCN1CCSCC1. The summed E-state index contributed by atoms with van der Waals surface area (Å²) in [5.41, 5.74) is 5.64.